The Labute approximate surface area is 169 Å². The third-order valence-electron chi connectivity index (χ3n) is 4.48. The molecule has 1 amide bonds. The van der Waals surface area contributed by atoms with E-state index in [0.29, 0.717) is 26.2 Å². The maximum Gasteiger partial charge on any atom is 0.286 e. The molecule has 2 N–H and O–H groups in total. The summed E-state index contributed by atoms with van der Waals surface area (Å²) in [6.07, 6.45) is 2.71. The van der Waals surface area contributed by atoms with Gasteiger partial charge in [0.1, 0.15) is 0 Å². The number of amides is 1. The lowest BCUT2D eigenvalue weighted by Crippen LogP contribution is -2.39. The number of aliphatic hydroxyl groups excluding tert-OH is 1. The molecular formula is C20H28BrNO5. The first-order chi connectivity index (χ1) is 13.1. The zero-order chi connectivity index (χ0) is 19.6. The van der Waals surface area contributed by atoms with Crippen LogP contribution in [0.15, 0.2) is 40.6 Å². The molecule has 0 unspecified atom stereocenters. The standard InChI is InChI=1S/C20H28BrNO5/c1-3-26-20-16(5-4-11-23)17(14-6-8-15(21)9-7-14)13-18(27-20)19(24)22-10-12-25-2/h6-9,13,16-17,20,23H,3-5,10-12H2,1-2H3,(H,22,24)/t16-,17+,20+/m1/s1. The average Bonchev–Trinajstić information content (AvgIpc) is 2.67. The molecule has 2 rings (SSSR count). The minimum absolute atomic E-state index is 0.00815. The van der Waals surface area contributed by atoms with Gasteiger partial charge in [-0.05, 0) is 43.5 Å². The number of hydrogen-bond donors (Lipinski definition) is 2. The van der Waals surface area contributed by atoms with Gasteiger partial charge in [0, 0.05) is 43.2 Å². The van der Waals surface area contributed by atoms with Crippen molar-refractivity contribution in [2.24, 2.45) is 5.92 Å². The van der Waals surface area contributed by atoms with E-state index >= 15 is 0 Å². The van der Waals surface area contributed by atoms with Crippen molar-refractivity contribution in [2.45, 2.75) is 32.0 Å². The fourth-order valence-corrected chi connectivity index (χ4v) is 3.45. The zero-order valence-corrected chi connectivity index (χ0v) is 17.4. The maximum atomic E-state index is 12.5. The second-order valence-corrected chi connectivity index (χ2v) is 7.24. The second-order valence-electron chi connectivity index (χ2n) is 6.33. The number of rotatable bonds is 10. The normalized spacial score (nSPS) is 22.1. The van der Waals surface area contributed by atoms with Crippen LogP contribution >= 0.6 is 15.9 Å². The summed E-state index contributed by atoms with van der Waals surface area (Å²) in [5, 5.41) is 12.1. The van der Waals surface area contributed by atoms with Crippen LogP contribution in [0.3, 0.4) is 0 Å². The van der Waals surface area contributed by atoms with Gasteiger partial charge < -0.3 is 24.6 Å². The van der Waals surface area contributed by atoms with E-state index in [9.17, 15) is 9.90 Å². The molecule has 1 aromatic carbocycles. The van der Waals surface area contributed by atoms with Crippen molar-refractivity contribution in [3.05, 3.63) is 46.1 Å². The molecular weight excluding hydrogens is 414 g/mol. The molecule has 0 radical (unpaired) electrons. The lowest BCUT2D eigenvalue weighted by molar-refractivity contribution is -0.166. The van der Waals surface area contributed by atoms with E-state index in [1.165, 1.54) is 0 Å². The molecule has 6 nitrogen and oxygen atoms in total. The van der Waals surface area contributed by atoms with Gasteiger partial charge in [0.2, 0.25) is 6.29 Å². The quantitative estimate of drug-likeness (QED) is 0.545. The molecule has 27 heavy (non-hydrogen) atoms. The van der Waals surface area contributed by atoms with E-state index in [0.717, 1.165) is 16.5 Å². The molecule has 1 aliphatic rings. The number of methoxy groups -OCH3 is 1. The van der Waals surface area contributed by atoms with Crippen molar-refractivity contribution in [1.82, 2.24) is 5.32 Å². The number of carbonyl (C=O) groups is 1. The van der Waals surface area contributed by atoms with Crippen LogP contribution < -0.4 is 5.32 Å². The minimum atomic E-state index is -0.539. The van der Waals surface area contributed by atoms with Crippen LogP contribution in [0.25, 0.3) is 0 Å². The highest BCUT2D eigenvalue weighted by atomic mass is 79.9. The first kappa shape index (κ1) is 21.9. The SMILES string of the molecule is CCO[C@H]1OC(C(=O)NCCOC)=C[C@@H](c2ccc(Br)cc2)[C@H]1CCCO. The molecule has 0 aliphatic carbocycles. The number of nitrogens with one attached hydrogen (secondary N) is 1. The number of allylic oxidation sites excluding steroid dienone is 1. The molecule has 0 bridgehead atoms. The number of hydrogen-bond acceptors (Lipinski definition) is 5. The Morgan fingerprint density at radius 2 is 2.07 bits per heavy atom. The summed E-state index contributed by atoms with van der Waals surface area (Å²) in [7, 11) is 1.59. The molecule has 3 atom stereocenters. The molecule has 1 aliphatic heterocycles. The monoisotopic (exact) mass is 441 g/mol. The number of aliphatic hydroxyl groups is 1. The van der Waals surface area contributed by atoms with Crippen LogP contribution in [0, 0.1) is 5.92 Å². The van der Waals surface area contributed by atoms with Gasteiger partial charge in [-0.3, -0.25) is 4.79 Å². The Balaban J connectivity index is 2.31. The van der Waals surface area contributed by atoms with E-state index in [4.69, 9.17) is 14.2 Å². The topological polar surface area (TPSA) is 77.0 Å². The Kier molecular flexibility index (Phi) is 9.27. The van der Waals surface area contributed by atoms with Crippen LogP contribution in [0.5, 0.6) is 0 Å². The van der Waals surface area contributed by atoms with Gasteiger partial charge in [-0.1, -0.05) is 28.1 Å². The number of halogens is 1. The Morgan fingerprint density at radius 1 is 1.33 bits per heavy atom. The van der Waals surface area contributed by atoms with Crippen molar-refractivity contribution < 1.29 is 24.1 Å². The number of benzene rings is 1. The van der Waals surface area contributed by atoms with Crippen LogP contribution in [0.4, 0.5) is 0 Å². The second kappa shape index (κ2) is 11.4. The molecule has 150 valence electrons. The van der Waals surface area contributed by atoms with Gasteiger partial charge in [-0.2, -0.15) is 0 Å². The minimum Gasteiger partial charge on any atom is -0.459 e. The molecule has 0 aromatic heterocycles. The third kappa shape index (κ3) is 6.31. The lowest BCUT2D eigenvalue weighted by Gasteiger charge is -2.37. The van der Waals surface area contributed by atoms with Crippen molar-refractivity contribution >= 4 is 21.8 Å². The highest BCUT2D eigenvalue weighted by Crippen LogP contribution is 2.39. The summed E-state index contributed by atoms with van der Waals surface area (Å²) in [6.45, 7) is 3.33. The summed E-state index contributed by atoms with van der Waals surface area (Å²) in [4.78, 5) is 12.5. The van der Waals surface area contributed by atoms with Gasteiger partial charge in [0.15, 0.2) is 5.76 Å². The van der Waals surface area contributed by atoms with E-state index in [2.05, 4.69) is 21.2 Å². The van der Waals surface area contributed by atoms with Gasteiger partial charge in [0.05, 0.1) is 6.61 Å². The maximum absolute atomic E-state index is 12.5. The van der Waals surface area contributed by atoms with E-state index in [-0.39, 0.29) is 30.1 Å². The zero-order valence-electron chi connectivity index (χ0n) is 15.8. The predicted molar refractivity (Wildman–Crippen MR) is 106 cm³/mol. The summed E-state index contributed by atoms with van der Waals surface area (Å²) in [5.41, 5.74) is 1.08. The molecule has 0 fully saturated rings. The molecule has 1 aromatic rings. The van der Waals surface area contributed by atoms with E-state index in [1.807, 2.05) is 37.3 Å². The van der Waals surface area contributed by atoms with E-state index in [1.54, 1.807) is 7.11 Å². The molecule has 7 heteroatoms. The first-order valence-electron chi connectivity index (χ1n) is 9.24. The van der Waals surface area contributed by atoms with Crippen LogP contribution in [0.2, 0.25) is 0 Å². The van der Waals surface area contributed by atoms with Crippen LogP contribution in [-0.2, 0) is 19.0 Å². The number of carbonyl (C=O) groups excluding carboxylic acids is 1. The summed E-state index contributed by atoms with van der Waals surface area (Å²) < 4.78 is 17.7. The lowest BCUT2D eigenvalue weighted by atomic mass is 9.80. The van der Waals surface area contributed by atoms with Gasteiger partial charge >= 0.3 is 0 Å². The highest BCUT2D eigenvalue weighted by molar-refractivity contribution is 9.10. The Morgan fingerprint density at radius 3 is 2.70 bits per heavy atom. The van der Waals surface area contributed by atoms with Gasteiger partial charge in [-0.25, -0.2) is 0 Å². The molecule has 0 spiro atoms. The third-order valence-corrected chi connectivity index (χ3v) is 5.01. The van der Waals surface area contributed by atoms with Crippen LogP contribution in [-0.4, -0.2) is 50.8 Å². The smallest absolute Gasteiger partial charge is 0.286 e. The van der Waals surface area contributed by atoms with Crippen LogP contribution in [0.1, 0.15) is 31.2 Å². The summed E-state index contributed by atoms with van der Waals surface area (Å²) in [6, 6.07) is 8.03. The summed E-state index contributed by atoms with van der Waals surface area (Å²) in [5.74, 6) is -0.0517. The Bertz CT molecular complexity index is 619. The van der Waals surface area contributed by atoms with Crippen molar-refractivity contribution in [3.8, 4) is 0 Å². The van der Waals surface area contributed by atoms with Gasteiger partial charge in [-0.15, -0.1) is 0 Å². The fourth-order valence-electron chi connectivity index (χ4n) is 3.18. The van der Waals surface area contributed by atoms with Crippen molar-refractivity contribution in [3.63, 3.8) is 0 Å². The Hall–Kier alpha value is -1.41. The van der Waals surface area contributed by atoms with Gasteiger partial charge in [0.25, 0.3) is 5.91 Å². The predicted octanol–water partition coefficient (Wildman–Crippen LogP) is 2.96. The number of ether oxygens (including phenoxy) is 3. The first-order valence-corrected chi connectivity index (χ1v) is 10.0. The molecule has 0 saturated heterocycles. The highest BCUT2D eigenvalue weighted by Gasteiger charge is 2.37. The fraction of sp³-hybridized carbons (Fsp3) is 0.550. The van der Waals surface area contributed by atoms with E-state index < -0.39 is 6.29 Å². The van der Waals surface area contributed by atoms with Crippen molar-refractivity contribution in [2.75, 3.05) is 33.5 Å². The van der Waals surface area contributed by atoms with Crippen molar-refractivity contribution in [1.29, 1.82) is 0 Å². The average molecular weight is 442 g/mol. The summed E-state index contributed by atoms with van der Waals surface area (Å²) >= 11 is 3.46. The largest absolute Gasteiger partial charge is 0.459 e. The molecule has 1 heterocycles. The molecule has 0 saturated carbocycles.